The van der Waals surface area contributed by atoms with Crippen LogP contribution in [0.2, 0.25) is 0 Å². The van der Waals surface area contributed by atoms with Gasteiger partial charge in [0, 0.05) is 11.3 Å². The van der Waals surface area contributed by atoms with Crippen molar-refractivity contribution in [2.45, 2.75) is 27.7 Å². The Hall–Kier alpha value is -0.590. The topological polar surface area (TPSA) is 17.1 Å². The van der Waals surface area contributed by atoms with Crippen LogP contribution in [0.5, 0.6) is 0 Å². The molecule has 2 aliphatic carbocycles. The maximum absolute atomic E-state index is 11.4. The van der Waals surface area contributed by atoms with Gasteiger partial charge in [-0.2, -0.15) is 0 Å². The van der Waals surface area contributed by atoms with Gasteiger partial charge in [0.15, 0.2) is 5.78 Å². The van der Waals surface area contributed by atoms with Crippen LogP contribution in [0.3, 0.4) is 0 Å². The highest BCUT2D eigenvalue weighted by molar-refractivity contribution is 6.01. The van der Waals surface area contributed by atoms with Crippen molar-refractivity contribution in [2.24, 2.45) is 16.7 Å². The van der Waals surface area contributed by atoms with Crippen molar-refractivity contribution in [1.82, 2.24) is 0 Å². The Balaban J connectivity index is 2.49. The fourth-order valence-corrected chi connectivity index (χ4v) is 2.80. The van der Waals surface area contributed by atoms with E-state index < -0.39 is 0 Å². The summed E-state index contributed by atoms with van der Waals surface area (Å²) in [6.45, 7) is 8.65. The van der Waals surface area contributed by atoms with E-state index in [2.05, 4.69) is 27.7 Å². The zero-order valence-corrected chi connectivity index (χ0v) is 7.56. The van der Waals surface area contributed by atoms with E-state index in [1.54, 1.807) is 0 Å². The average molecular weight is 150 g/mol. The van der Waals surface area contributed by atoms with Crippen LogP contribution in [0.25, 0.3) is 0 Å². The molecule has 2 atom stereocenters. The Morgan fingerprint density at radius 2 is 1.91 bits per heavy atom. The van der Waals surface area contributed by atoms with Gasteiger partial charge in [0.2, 0.25) is 0 Å². The molecule has 0 bridgehead atoms. The normalized spacial score (nSPS) is 45.3. The molecular formula is C10H14O. The van der Waals surface area contributed by atoms with Crippen molar-refractivity contribution in [3.05, 3.63) is 11.6 Å². The maximum Gasteiger partial charge on any atom is 0.160 e. The van der Waals surface area contributed by atoms with E-state index in [4.69, 9.17) is 0 Å². The van der Waals surface area contributed by atoms with Crippen LogP contribution in [0.4, 0.5) is 0 Å². The first kappa shape index (κ1) is 7.08. The second-order valence-electron chi connectivity index (χ2n) is 4.59. The van der Waals surface area contributed by atoms with Crippen LogP contribution in [0, 0.1) is 16.7 Å². The molecule has 2 aliphatic rings. The standard InChI is InChI=1S/C10H14O/c1-6-5-7(11)8-9(2,3)10(6,8)4/h5,8H,1-4H3/t8-,10-/m0/s1. The van der Waals surface area contributed by atoms with Crippen molar-refractivity contribution < 1.29 is 4.79 Å². The lowest BCUT2D eigenvalue weighted by Gasteiger charge is -2.13. The van der Waals surface area contributed by atoms with Gasteiger partial charge >= 0.3 is 0 Å². The number of hydrogen-bond acceptors (Lipinski definition) is 1. The molecule has 0 radical (unpaired) electrons. The Bertz CT molecular complexity index is 273. The lowest BCUT2D eigenvalue weighted by molar-refractivity contribution is -0.116. The molecule has 0 unspecified atom stereocenters. The molecule has 1 fully saturated rings. The zero-order chi connectivity index (χ0) is 8.44. The highest BCUT2D eigenvalue weighted by Crippen LogP contribution is 2.75. The van der Waals surface area contributed by atoms with Gasteiger partial charge in [0.1, 0.15) is 0 Å². The second kappa shape index (κ2) is 1.45. The van der Waals surface area contributed by atoms with Gasteiger partial charge in [-0.05, 0) is 18.4 Å². The number of carbonyl (C=O) groups is 1. The Kier molecular flexibility index (Phi) is 0.935. The van der Waals surface area contributed by atoms with Crippen molar-refractivity contribution in [1.29, 1.82) is 0 Å². The van der Waals surface area contributed by atoms with Crippen LogP contribution < -0.4 is 0 Å². The molecule has 0 spiro atoms. The fraction of sp³-hybridized carbons (Fsp3) is 0.700. The highest BCUT2D eigenvalue weighted by Gasteiger charge is 2.73. The predicted molar refractivity (Wildman–Crippen MR) is 44.1 cm³/mol. The van der Waals surface area contributed by atoms with Crippen molar-refractivity contribution >= 4 is 5.78 Å². The van der Waals surface area contributed by atoms with Crippen LogP contribution in [0.1, 0.15) is 27.7 Å². The monoisotopic (exact) mass is 150 g/mol. The average Bonchev–Trinajstić information content (AvgIpc) is 2.15. The summed E-state index contributed by atoms with van der Waals surface area (Å²) in [7, 11) is 0. The first-order valence-electron chi connectivity index (χ1n) is 4.15. The van der Waals surface area contributed by atoms with Crippen LogP contribution in [-0.4, -0.2) is 5.78 Å². The summed E-state index contributed by atoms with van der Waals surface area (Å²) in [5, 5.41) is 0. The lowest BCUT2D eigenvalue weighted by atomic mass is 9.91. The first-order chi connectivity index (χ1) is 4.92. The molecule has 0 aliphatic heterocycles. The highest BCUT2D eigenvalue weighted by atomic mass is 16.1. The van der Waals surface area contributed by atoms with Gasteiger partial charge in [-0.15, -0.1) is 0 Å². The molecule has 1 saturated carbocycles. The minimum absolute atomic E-state index is 0.198. The molecule has 0 heterocycles. The van der Waals surface area contributed by atoms with Gasteiger partial charge in [-0.25, -0.2) is 0 Å². The fourth-order valence-electron chi connectivity index (χ4n) is 2.80. The molecule has 60 valence electrons. The van der Waals surface area contributed by atoms with Gasteiger partial charge < -0.3 is 0 Å². The third kappa shape index (κ3) is 0.492. The molecule has 0 N–H and O–H groups in total. The summed E-state index contributed by atoms with van der Waals surface area (Å²) in [6.07, 6.45) is 1.82. The minimum Gasteiger partial charge on any atom is -0.294 e. The van der Waals surface area contributed by atoms with E-state index in [0.717, 1.165) is 0 Å². The molecule has 2 rings (SSSR count). The van der Waals surface area contributed by atoms with E-state index in [-0.39, 0.29) is 16.7 Å². The van der Waals surface area contributed by atoms with E-state index in [1.807, 2.05) is 6.08 Å². The summed E-state index contributed by atoms with van der Waals surface area (Å²) in [4.78, 5) is 11.4. The second-order valence-corrected chi connectivity index (χ2v) is 4.59. The van der Waals surface area contributed by atoms with Crippen LogP contribution in [0.15, 0.2) is 11.6 Å². The van der Waals surface area contributed by atoms with Gasteiger partial charge in [0.25, 0.3) is 0 Å². The van der Waals surface area contributed by atoms with E-state index >= 15 is 0 Å². The predicted octanol–water partition coefficient (Wildman–Crippen LogP) is 2.18. The van der Waals surface area contributed by atoms with Crippen LogP contribution in [-0.2, 0) is 4.79 Å². The smallest absolute Gasteiger partial charge is 0.160 e. The Morgan fingerprint density at radius 1 is 1.36 bits per heavy atom. The molecule has 0 aromatic heterocycles. The molecule has 0 aromatic rings. The summed E-state index contributed by atoms with van der Waals surface area (Å²) >= 11 is 0. The third-order valence-corrected chi connectivity index (χ3v) is 4.02. The molecule has 0 amide bonds. The van der Waals surface area contributed by atoms with Gasteiger partial charge in [-0.3, -0.25) is 4.79 Å². The van der Waals surface area contributed by atoms with Gasteiger partial charge in [0.05, 0.1) is 0 Å². The first-order valence-corrected chi connectivity index (χ1v) is 4.15. The minimum atomic E-state index is 0.198. The number of ketones is 1. The lowest BCUT2D eigenvalue weighted by Crippen LogP contribution is -2.06. The maximum atomic E-state index is 11.4. The number of hydrogen-bond donors (Lipinski definition) is 0. The third-order valence-electron chi connectivity index (χ3n) is 4.02. The van der Waals surface area contributed by atoms with Gasteiger partial charge in [-0.1, -0.05) is 26.3 Å². The zero-order valence-electron chi connectivity index (χ0n) is 7.56. The number of rotatable bonds is 0. The molecule has 0 saturated heterocycles. The molecule has 11 heavy (non-hydrogen) atoms. The Morgan fingerprint density at radius 3 is 2.09 bits per heavy atom. The molecule has 1 heteroatoms. The quantitative estimate of drug-likeness (QED) is 0.517. The molecular weight excluding hydrogens is 136 g/mol. The summed E-state index contributed by atoms with van der Waals surface area (Å²) in [6, 6.07) is 0. The van der Waals surface area contributed by atoms with Crippen LogP contribution >= 0.6 is 0 Å². The van der Waals surface area contributed by atoms with Crippen molar-refractivity contribution in [3.63, 3.8) is 0 Å². The van der Waals surface area contributed by atoms with Crippen molar-refractivity contribution in [3.8, 4) is 0 Å². The molecule has 0 aromatic carbocycles. The largest absolute Gasteiger partial charge is 0.294 e. The number of carbonyl (C=O) groups excluding carboxylic acids is 1. The number of fused-ring (bicyclic) bond motifs is 1. The summed E-state index contributed by atoms with van der Waals surface area (Å²) in [5.41, 5.74) is 1.70. The van der Waals surface area contributed by atoms with E-state index in [0.29, 0.717) is 5.78 Å². The number of allylic oxidation sites excluding steroid dienone is 2. The van der Waals surface area contributed by atoms with E-state index in [9.17, 15) is 4.79 Å². The van der Waals surface area contributed by atoms with E-state index in [1.165, 1.54) is 5.57 Å². The Labute approximate surface area is 67.5 Å². The summed E-state index contributed by atoms with van der Waals surface area (Å²) in [5.74, 6) is 0.630. The van der Waals surface area contributed by atoms with Crippen molar-refractivity contribution in [2.75, 3.05) is 0 Å². The molecule has 1 nitrogen and oxygen atoms in total. The SMILES string of the molecule is CC1=CC(=O)[C@H]2C(C)(C)[C@@]12C. The summed E-state index contributed by atoms with van der Waals surface area (Å²) < 4.78 is 0.